The monoisotopic (exact) mass is 475 g/mol. The van der Waals surface area contributed by atoms with Crippen molar-refractivity contribution in [1.82, 2.24) is 20.2 Å². The van der Waals surface area contributed by atoms with Crippen LogP contribution in [0.25, 0.3) is 10.2 Å². The molecule has 0 aliphatic heterocycles. The second-order valence-corrected chi connectivity index (χ2v) is 9.85. The number of nitrogens with zero attached hydrogens (tertiary/aromatic N) is 3. The van der Waals surface area contributed by atoms with E-state index in [2.05, 4.69) is 10.2 Å². The standard InChI is InChI=1S/C26H29N5O2S/c1-28-25(32)18-11-9-17(10-12-18)14-31(15-19-6-5-13-33-19)16-22-29-24(27)23-20-7-3-2-4-8-21(20)34-26(23)30-22/h5-6,9-13H,2-4,7-8,14-16H2,1H3,(H,28,32)(H2,27,29,30). The number of rotatable bonds is 7. The SMILES string of the molecule is CNC(=O)c1ccc(CN(Cc2nc(N)c3c4c(sc3n2)CCCCC4)Cc2ccco2)cc1. The molecule has 1 aliphatic carbocycles. The zero-order valence-corrected chi connectivity index (χ0v) is 20.2. The Morgan fingerprint density at radius 1 is 1.09 bits per heavy atom. The van der Waals surface area contributed by atoms with E-state index in [4.69, 9.17) is 20.1 Å². The lowest BCUT2D eigenvalue weighted by molar-refractivity contribution is 0.0963. The molecular formula is C26H29N5O2S. The first-order chi connectivity index (χ1) is 16.6. The third kappa shape index (κ3) is 4.83. The number of carbonyl (C=O) groups excluding carboxylic acids is 1. The molecule has 0 bridgehead atoms. The minimum atomic E-state index is -0.0921. The quantitative estimate of drug-likeness (QED) is 0.376. The van der Waals surface area contributed by atoms with Crippen molar-refractivity contribution in [2.24, 2.45) is 0 Å². The first-order valence-corrected chi connectivity index (χ1v) is 12.5. The molecule has 0 spiro atoms. The van der Waals surface area contributed by atoms with Crippen molar-refractivity contribution < 1.29 is 9.21 Å². The molecule has 0 fully saturated rings. The predicted octanol–water partition coefficient (Wildman–Crippen LogP) is 4.70. The predicted molar refractivity (Wildman–Crippen MR) is 135 cm³/mol. The number of nitrogens with one attached hydrogen (secondary N) is 1. The van der Waals surface area contributed by atoms with Crippen molar-refractivity contribution in [1.29, 1.82) is 0 Å². The Morgan fingerprint density at radius 2 is 1.91 bits per heavy atom. The van der Waals surface area contributed by atoms with E-state index in [1.807, 2.05) is 36.4 Å². The fourth-order valence-corrected chi connectivity index (χ4v) is 5.92. The largest absolute Gasteiger partial charge is 0.468 e. The van der Waals surface area contributed by atoms with Gasteiger partial charge in [0.15, 0.2) is 0 Å². The summed E-state index contributed by atoms with van der Waals surface area (Å²) in [5.41, 5.74) is 9.58. The van der Waals surface area contributed by atoms with Crippen LogP contribution in [0.5, 0.6) is 0 Å². The van der Waals surface area contributed by atoms with Crippen molar-refractivity contribution in [3.05, 3.63) is 75.8 Å². The van der Waals surface area contributed by atoms with Gasteiger partial charge >= 0.3 is 0 Å². The van der Waals surface area contributed by atoms with Crippen LogP contribution < -0.4 is 11.1 Å². The molecule has 8 heteroatoms. The van der Waals surface area contributed by atoms with Gasteiger partial charge in [-0.3, -0.25) is 9.69 Å². The summed E-state index contributed by atoms with van der Waals surface area (Å²) in [5.74, 6) is 2.09. The molecule has 1 aromatic carbocycles. The van der Waals surface area contributed by atoms with Crippen LogP contribution in [0.2, 0.25) is 0 Å². The van der Waals surface area contributed by atoms with Gasteiger partial charge in [0, 0.05) is 24.0 Å². The number of fused-ring (bicyclic) bond motifs is 3. The van der Waals surface area contributed by atoms with E-state index >= 15 is 0 Å². The number of hydrogen-bond acceptors (Lipinski definition) is 7. The molecule has 0 atom stereocenters. The molecular weight excluding hydrogens is 446 g/mol. The molecule has 1 amide bonds. The fraction of sp³-hybridized carbons (Fsp3) is 0.346. The topological polar surface area (TPSA) is 97.3 Å². The van der Waals surface area contributed by atoms with Gasteiger partial charge in [0.1, 0.15) is 22.2 Å². The number of aromatic nitrogens is 2. The van der Waals surface area contributed by atoms with Crippen molar-refractivity contribution in [3.8, 4) is 0 Å². The molecule has 4 aromatic rings. The highest BCUT2D eigenvalue weighted by Gasteiger charge is 2.20. The molecule has 0 saturated carbocycles. The van der Waals surface area contributed by atoms with Crippen LogP contribution in [0, 0.1) is 0 Å². The molecule has 1 aliphatic rings. The van der Waals surface area contributed by atoms with Gasteiger partial charge in [-0.15, -0.1) is 11.3 Å². The van der Waals surface area contributed by atoms with Crippen LogP contribution in [-0.4, -0.2) is 27.8 Å². The number of hydrogen-bond donors (Lipinski definition) is 2. The van der Waals surface area contributed by atoms with E-state index in [-0.39, 0.29) is 5.91 Å². The summed E-state index contributed by atoms with van der Waals surface area (Å²) in [4.78, 5) is 26.2. The summed E-state index contributed by atoms with van der Waals surface area (Å²) in [6.07, 6.45) is 7.57. The van der Waals surface area contributed by atoms with Gasteiger partial charge in [-0.25, -0.2) is 9.97 Å². The highest BCUT2D eigenvalue weighted by atomic mass is 32.1. The summed E-state index contributed by atoms with van der Waals surface area (Å²) in [7, 11) is 1.63. The zero-order chi connectivity index (χ0) is 23.5. The van der Waals surface area contributed by atoms with Crippen LogP contribution in [0.4, 0.5) is 5.82 Å². The first-order valence-electron chi connectivity index (χ1n) is 11.7. The van der Waals surface area contributed by atoms with Gasteiger partial charge in [-0.1, -0.05) is 18.6 Å². The minimum absolute atomic E-state index is 0.0921. The average Bonchev–Trinajstić information content (AvgIpc) is 3.40. The Hall–Kier alpha value is -3.23. The molecule has 7 nitrogen and oxygen atoms in total. The van der Waals surface area contributed by atoms with Gasteiger partial charge < -0.3 is 15.5 Å². The third-order valence-corrected chi connectivity index (χ3v) is 7.50. The Balaban J connectivity index is 1.41. The summed E-state index contributed by atoms with van der Waals surface area (Å²) >= 11 is 1.78. The van der Waals surface area contributed by atoms with Crippen LogP contribution >= 0.6 is 11.3 Å². The minimum Gasteiger partial charge on any atom is -0.468 e. The van der Waals surface area contributed by atoms with E-state index in [0.29, 0.717) is 31.0 Å². The van der Waals surface area contributed by atoms with Crippen LogP contribution in [0.3, 0.4) is 0 Å². The maximum atomic E-state index is 11.9. The molecule has 176 valence electrons. The van der Waals surface area contributed by atoms with E-state index < -0.39 is 0 Å². The van der Waals surface area contributed by atoms with Crippen LogP contribution in [0.1, 0.15) is 57.2 Å². The van der Waals surface area contributed by atoms with E-state index in [1.165, 1.54) is 29.7 Å². The number of aryl methyl sites for hydroxylation is 2. The number of anilines is 1. The summed E-state index contributed by atoms with van der Waals surface area (Å²) in [5, 5.41) is 3.72. The highest BCUT2D eigenvalue weighted by molar-refractivity contribution is 7.19. The maximum Gasteiger partial charge on any atom is 0.251 e. The molecule has 5 rings (SSSR count). The molecule has 3 aromatic heterocycles. The normalized spacial score (nSPS) is 13.7. The van der Waals surface area contributed by atoms with Gasteiger partial charge in [0.2, 0.25) is 0 Å². The number of nitrogen functional groups attached to an aromatic ring is 1. The number of nitrogens with two attached hydrogens (primary N) is 1. The Kier molecular flexibility index (Phi) is 6.60. The lowest BCUT2D eigenvalue weighted by atomic mass is 10.1. The van der Waals surface area contributed by atoms with Crippen molar-refractivity contribution in [2.75, 3.05) is 12.8 Å². The Bertz CT molecular complexity index is 1280. The number of carbonyl (C=O) groups is 1. The number of furan rings is 1. The van der Waals surface area contributed by atoms with E-state index in [9.17, 15) is 4.79 Å². The summed E-state index contributed by atoms with van der Waals surface area (Å²) < 4.78 is 5.61. The molecule has 34 heavy (non-hydrogen) atoms. The molecule has 0 unspecified atom stereocenters. The van der Waals surface area contributed by atoms with Crippen molar-refractivity contribution in [3.63, 3.8) is 0 Å². The molecule has 3 heterocycles. The fourth-order valence-electron chi connectivity index (χ4n) is 4.63. The number of benzene rings is 1. The van der Waals surface area contributed by atoms with Crippen molar-refractivity contribution in [2.45, 2.75) is 51.7 Å². The lowest BCUT2D eigenvalue weighted by Crippen LogP contribution is -2.24. The average molecular weight is 476 g/mol. The smallest absolute Gasteiger partial charge is 0.251 e. The molecule has 0 saturated heterocycles. The molecule has 0 radical (unpaired) electrons. The Labute approximate surface area is 203 Å². The van der Waals surface area contributed by atoms with Crippen LogP contribution in [0.15, 0.2) is 47.1 Å². The summed E-state index contributed by atoms with van der Waals surface area (Å²) in [6.45, 7) is 1.82. The molecule has 3 N–H and O–H groups in total. The number of amides is 1. The van der Waals surface area contributed by atoms with Crippen LogP contribution in [-0.2, 0) is 32.5 Å². The first kappa shape index (κ1) is 22.6. The Morgan fingerprint density at radius 3 is 2.68 bits per heavy atom. The lowest BCUT2D eigenvalue weighted by Gasteiger charge is -2.21. The van der Waals surface area contributed by atoms with Gasteiger partial charge in [-0.2, -0.15) is 0 Å². The van der Waals surface area contributed by atoms with Crippen molar-refractivity contribution >= 4 is 33.3 Å². The second kappa shape index (κ2) is 9.95. The van der Waals surface area contributed by atoms with E-state index in [1.54, 1.807) is 24.6 Å². The van der Waals surface area contributed by atoms with E-state index in [0.717, 1.165) is 40.2 Å². The number of thiophene rings is 1. The van der Waals surface area contributed by atoms with Gasteiger partial charge in [0.25, 0.3) is 5.91 Å². The summed E-state index contributed by atoms with van der Waals surface area (Å²) in [6, 6.07) is 11.5. The third-order valence-electron chi connectivity index (χ3n) is 6.31. The maximum absolute atomic E-state index is 11.9. The van der Waals surface area contributed by atoms with Gasteiger partial charge in [-0.05, 0) is 61.1 Å². The van der Waals surface area contributed by atoms with Gasteiger partial charge in [0.05, 0.1) is 24.7 Å². The second-order valence-electron chi connectivity index (χ2n) is 8.77. The zero-order valence-electron chi connectivity index (χ0n) is 19.3. The highest BCUT2D eigenvalue weighted by Crippen LogP contribution is 2.37.